The van der Waals surface area contributed by atoms with Gasteiger partial charge in [-0.2, -0.15) is 27.7 Å². The van der Waals surface area contributed by atoms with Crippen LogP contribution >= 0.6 is 12.6 Å². The molecule has 1 aromatic carbocycles. The number of likely N-dealkylation sites (tertiary alicyclic amines) is 1. The number of thiol groups is 1. The number of hydrogen-bond donors (Lipinski definition) is 1. The Morgan fingerprint density at radius 1 is 1.08 bits per heavy atom. The van der Waals surface area contributed by atoms with Gasteiger partial charge in [0.15, 0.2) is 5.82 Å². The lowest BCUT2D eigenvalue weighted by Gasteiger charge is -2.47. The molecular formula is C27H33FN6O3S. The van der Waals surface area contributed by atoms with Gasteiger partial charge in [0.25, 0.3) is 0 Å². The van der Waals surface area contributed by atoms with E-state index in [0.29, 0.717) is 44.0 Å². The first-order valence-electron chi connectivity index (χ1n) is 13.3. The summed E-state index contributed by atoms with van der Waals surface area (Å²) in [4.78, 5) is 13.7. The molecule has 11 heteroatoms. The van der Waals surface area contributed by atoms with Gasteiger partial charge in [-0.05, 0) is 43.0 Å². The summed E-state index contributed by atoms with van der Waals surface area (Å²) in [5.41, 5.74) is 3.01. The molecule has 9 nitrogen and oxygen atoms in total. The Labute approximate surface area is 226 Å². The predicted molar refractivity (Wildman–Crippen MR) is 144 cm³/mol. The molecule has 0 radical (unpaired) electrons. The fourth-order valence-corrected chi connectivity index (χ4v) is 6.77. The number of methoxy groups -OCH3 is 1. The van der Waals surface area contributed by atoms with E-state index in [4.69, 9.17) is 26.8 Å². The van der Waals surface area contributed by atoms with Crippen LogP contribution in [0.4, 0.5) is 10.2 Å². The minimum Gasteiger partial charge on any atom is -0.467 e. The Morgan fingerprint density at radius 3 is 2.55 bits per heavy atom. The third-order valence-electron chi connectivity index (χ3n) is 8.87. The number of piperidine rings is 1. The van der Waals surface area contributed by atoms with E-state index in [1.165, 1.54) is 0 Å². The summed E-state index contributed by atoms with van der Waals surface area (Å²) in [5, 5.41) is 5.65. The molecule has 38 heavy (non-hydrogen) atoms. The third kappa shape index (κ3) is 3.89. The van der Waals surface area contributed by atoms with Crippen molar-refractivity contribution in [2.45, 2.75) is 36.7 Å². The Hall–Kier alpha value is -2.47. The van der Waals surface area contributed by atoms with E-state index in [-0.39, 0.29) is 5.41 Å². The maximum atomic E-state index is 15.8. The molecule has 0 saturated carbocycles. The number of aryl methyl sites for hydroxylation is 1. The molecule has 4 saturated heterocycles. The quantitative estimate of drug-likeness (QED) is 0.495. The monoisotopic (exact) mass is 540 g/mol. The lowest BCUT2D eigenvalue weighted by atomic mass is 9.83. The summed E-state index contributed by atoms with van der Waals surface area (Å²) in [6.07, 6.45) is 2.44. The van der Waals surface area contributed by atoms with E-state index >= 15 is 4.39 Å². The molecule has 7 rings (SSSR count). The van der Waals surface area contributed by atoms with Crippen LogP contribution in [0.1, 0.15) is 24.0 Å². The van der Waals surface area contributed by atoms with Crippen LogP contribution in [0.15, 0.2) is 24.4 Å². The zero-order valence-electron chi connectivity index (χ0n) is 21.8. The van der Waals surface area contributed by atoms with Gasteiger partial charge >= 0.3 is 6.01 Å². The molecular weight excluding hydrogens is 507 g/mol. The van der Waals surface area contributed by atoms with Crippen molar-refractivity contribution in [2.24, 2.45) is 5.41 Å². The van der Waals surface area contributed by atoms with E-state index in [1.54, 1.807) is 11.8 Å². The standard InChI is InChI=1S/C27H33FN6O3S/c1-17-7-18-10-29-34(21(18)8-20(17)27(38)4-6-32(11-22(27)28)19-12-36-13-19)24-9-23(30-25(31-24)35-2)33-5-3-26(14-33)15-37-16-26/h7-10,19,22,38H,3-6,11-16H2,1-2H3/t22?,27-/m0/s1. The maximum absolute atomic E-state index is 15.8. The highest BCUT2D eigenvalue weighted by molar-refractivity contribution is 7.81. The smallest absolute Gasteiger partial charge is 0.320 e. The fourth-order valence-electron chi connectivity index (χ4n) is 6.34. The van der Waals surface area contributed by atoms with Gasteiger partial charge in [-0.1, -0.05) is 0 Å². The average molecular weight is 541 g/mol. The highest BCUT2D eigenvalue weighted by Gasteiger charge is 2.46. The number of alkyl halides is 1. The van der Waals surface area contributed by atoms with Crippen LogP contribution in [0.5, 0.6) is 6.01 Å². The highest BCUT2D eigenvalue weighted by atomic mass is 32.1. The van der Waals surface area contributed by atoms with E-state index < -0.39 is 10.9 Å². The van der Waals surface area contributed by atoms with Crippen molar-refractivity contribution in [1.82, 2.24) is 24.6 Å². The number of rotatable bonds is 5. The molecule has 0 bridgehead atoms. The number of halogens is 1. The van der Waals surface area contributed by atoms with E-state index in [1.807, 2.05) is 25.3 Å². The number of fused-ring (bicyclic) bond motifs is 1. The Kier molecular flexibility index (Phi) is 5.84. The average Bonchev–Trinajstić information content (AvgIpc) is 3.49. The van der Waals surface area contributed by atoms with Gasteiger partial charge in [-0.25, -0.2) is 9.07 Å². The molecule has 3 aromatic rings. The predicted octanol–water partition coefficient (Wildman–Crippen LogP) is 2.93. The SMILES string of the molecule is COc1nc(N2CCC3(COC3)C2)cc(-n2ncc3cc(C)c([C@@]4(S)CCN(C5COC5)CC4F)cc32)n1. The van der Waals surface area contributed by atoms with Gasteiger partial charge in [-0.3, -0.25) is 4.90 Å². The van der Waals surface area contributed by atoms with Crippen LogP contribution in [0.25, 0.3) is 16.7 Å². The largest absolute Gasteiger partial charge is 0.467 e. The van der Waals surface area contributed by atoms with Crippen LogP contribution in [0, 0.1) is 12.3 Å². The molecule has 202 valence electrons. The van der Waals surface area contributed by atoms with Crippen molar-refractivity contribution in [1.29, 1.82) is 0 Å². The van der Waals surface area contributed by atoms with E-state index in [0.717, 1.165) is 67.1 Å². The van der Waals surface area contributed by atoms with E-state index in [9.17, 15) is 0 Å². The van der Waals surface area contributed by atoms with Crippen molar-refractivity contribution >= 4 is 29.3 Å². The molecule has 1 spiro atoms. The van der Waals surface area contributed by atoms with Crippen molar-refractivity contribution in [3.05, 3.63) is 35.5 Å². The normalized spacial score (nSPS) is 27.6. The summed E-state index contributed by atoms with van der Waals surface area (Å²) in [5.74, 6) is 1.43. The lowest BCUT2D eigenvalue weighted by Crippen LogP contribution is -2.57. The first-order chi connectivity index (χ1) is 18.4. The summed E-state index contributed by atoms with van der Waals surface area (Å²) < 4.78 is 33.0. The fraction of sp³-hybridized carbons (Fsp3) is 0.593. The summed E-state index contributed by atoms with van der Waals surface area (Å²) in [7, 11) is 1.57. The highest BCUT2D eigenvalue weighted by Crippen LogP contribution is 2.44. The summed E-state index contributed by atoms with van der Waals surface area (Å²) >= 11 is 5.00. The minimum absolute atomic E-state index is 0.230. The van der Waals surface area contributed by atoms with Crippen molar-refractivity contribution < 1.29 is 18.6 Å². The second-order valence-corrected chi connectivity index (χ2v) is 12.1. The zero-order valence-corrected chi connectivity index (χ0v) is 22.7. The van der Waals surface area contributed by atoms with Gasteiger partial charge in [0.05, 0.1) is 56.0 Å². The van der Waals surface area contributed by atoms with Crippen molar-refractivity contribution in [3.63, 3.8) is 0 Å². The molecule has 2 atom stereocenters. The van der Waals surface area contributed by atoms with Crippen LogP contribution in [0.2, 0.25) is 0 Å². The molecule has 4 aliphatic heterocycles. The number of hydrogen-bond acceptors (Lipinski definition) is 9. The molecule has 0 N–H and O–H groups in total. The zero-order chi connectivity index (χ0) is 26.1. The van der Waals surface area contributed by atoms with Gasteiger partial charge in [0.2, 0.25) is 0 Å². The Morgan fingerprint density at radius 2 is 1.89 bits per heavy atom. The van der Waals surface area contributed by atoms with Crippen LogP contribution in [-0.4, -0.2) is 96.6 Å². The van der Waals surface area contributed by atoms with Gasteiger partial charge in [0.1, 0.15) is 12.0 Å². The van der Waals surface area contributed by atoms with Crippen molar-refractivity contribution in [3.8, 4) is 11.8 Å². The lowest BCUT2D eigenvalue weighted by molar-refractivity contribution is -0.0985. The molecule has 0 amide bonds. The first-order valence-corrected chi connectivity index (χ1v) is 13.8. The summed E-state index contributed by atoms with van der Waals surface area (Å²) in [6, 6.07) is 6.69. The third-order valence-corrected chi connectivity index (χ3v) is 9.61. The summed E-state index contributed by atoms with van der Waals surface area (Å²) in [6.45, 7) is 7.99. The molecule has 4 fully saturated rings. The molecule has 6 heterocycles. The van der Waals surface area contributed by atoms with Crippen molar-refractivity contribution in [2.75, 3.05) is 64.6 Å². The second kappa shape index (κ2) is 9.04. The maximum Gasteiger partial charge on any atom is 0.320 e. The number of benzene rings is 1. The number of nitrogens with zero attached hydrogens (tertiary/aromatic N) is 6. The number of aromatic nitrogens is 4. The van der Waals surface area contributed by atoms with Gasteiger partial charge < -0.3 is 19.1 Å². The Bertz CT molecular complexity index is 1380. The number of ether oxygens (including phenoxy) is 3. The van der Waals surface area contributed by atoms with Gasteiger partial charge in [-0.15, -0.1) is 0 Å². The topological polar surface area (TPSA) is 77.8 Å². The Balaban J connectivity index is 1.24. The van der Waals surface area contributed by atoms with Crippen LogP contribution in [-0.2, 0) is 14.2 Å². The van der Waals surface area contributed by atoms with Gasteiger partial charge in [0, 0.05) is 43.0 Å². The molecule has 1 unspecified atom stereocenters. The van der Waals surface area contributed by atoms with Crippen LogP contribution < -0.4 is 9.64 Å². The molecule has 2 aromatic heterocycles. The number of anilines is 1. The molecule has 4 aliphatic rings. The first kappa shape index (κ1) is 24.6. The molecule has 0 aliphatic carbocycles. The minimum atomic E-state index is -1.10. The second-order valence-electron chi connectivity index (χ2n) is 11.3. The van der Waals surface area contributed by atoms with E-state index in [2.05, 4.69) is 30.9 Å². The van der Waals surface area contributed by atoms with Crippen LogP contribution in [0.3, 0.4) is 0 Å².